The zero-order valence-corrected chi connectivity index (χ0v) is 17.4. The van der Waals surface area contributed by atoms with Crippen LogP contribution in [0.3, 0.4) is 0 Å². The Hall–Kier alpha value is -3.41. The number of fused-ring (bicyclic) bond motifs is 1. The summed E-state index contributed by atoms with van der Waals surface area (Å²) in [5.41, 5.74) is 3.51. The molecule has 0 radical (unpaired) electrons. The molecule has 0 saturated carbocycles. The van der Waals surface area contributed by atoms with Crippen molar-refractivity contribution in [1.82, 2.24) is 15.3 Å². The van der Waals surface area contributed by atoms with Crippen LogP contribution in [-0.2, 0) is 13.0 Å². The van der Waals surface area contributed by atoms with E-state index in [2.05, 4.69) is 29.1 Å². The van der Waals surface area contributed by atoms with Crippen molar-refractivity contribution in [2.24, 2.45) is 5.41 Å². The third-order valence-electron chi connectivity index (χ3n) is 5.35. The molecule has 1 aromatic carbocycles. The molecule has 3 aromatic rings. The molecule has 6 nitrogen and oxygen atoms in total. The first-order valence-electron chi connectivity index (χ1n) is 10.0. The second-order valence-corrected chi connectivity index (χ2v) is 8.52. The summed E-state index contributed by atoms with van der Waals surface area (Å²) in [4.78, 5) is 32.8. The Morgan fingerprint density at radius 1 is 1.20 bits per heavy atom. The second kappa shape index (κ2) is 7.78. The molecule has 1 aliphatic rings. The quantitative estimate of drug-likeness (QED) is 0.652. The van der Waals surface area contributed by atoms with E-state index in [1.165, 1.54) is 0 Å². The van der Waals surface area contributed by atoms with E-state index >= 15 is 0 Å². The van der Waals surface area contributed by atoms with Crippen molar-refractivity contribution >= 4 is 11.7 Å². The summed E-state index contributed by atoms with van der Waals surface area (Å²) in [5.74, 6) is 1.04. The molecule has 0 saturated heterocycles. The van der Waals surface area contributed by atoms with Crippen LogP contribution in [0.1, 0.15) is 57.9 Å². The molecule has 4 rings (SSSR count). The summed E-state index contributed by atoms with van der Waals surface area (Å²) in [6.45, 7) is 6.30. The highest BCUT2D eigenvalue weighted by molar-refractivity contribution is 6.04. The Morgan fingerprint density at radius 3 is 2.73 bits per heavy atom. The van der Waals surface area contributed by atoms with Gasteiger partial charge in [0.25, 0.3) is 5.91 Å². The number of carbonyl (C=O) groups is 2. The summed E-state index contributed by atoms with van der Waals surface area (Å²) >= 11 is 0. The standard InChI is InChI=1S/C24H25N3O3/c1-15-21-18(12-24(2,3)13-19(21)28)27-22(15)23(29)26-14-16-9-10-25-20(11-16)30-17-7-5-4-6-8-17/h4-11,27H,12-14H2,1-3H3,(H,26,29). The second-order valence-electron chi connectivity index (χ2n) is 8.52. The molecule has 6 heteroatoms. The first-order chi connectivity index (χ1) is 14.3. The van der Waals surface area contributed by atoms with E-state index in [1.807, 2.05) is 43.3 Å². The highest BCUT2D eigenvalue weighted by atomic mass is 16.5. The minimum absolute atomic E-state index is 0.0959. The number of ether oxygens (including phenoxy) is 1. The summed E-state index contributed by atoms with van der Waals surface area (Å²) in [6, 6.07) is 13.0. The van der Waals surface area contributed by atoms with Crippen LogP contribution in [-0.4, -0.2) is 21.7 Å². The zero-order valence-electron chi connectivity index (χ0n) is 17.4. The van der Waals surface area contributed by atoms with Gasteiger partial charge in [0.05, 0.1) is 0 Å². The molecule has 30 heavy (non-hydrogen) atoms. The monoisotopic (exact) mass is 403 g/mol. The fraction of sp³-hybridized carbons (Fsp3) is 0.292. The van der Waals surface area contributed by atoms with Crippen LogP contribution in [0.25, 0.3) is 0 Å². The number of hydrogen-bond donors (Lipinski definition) is 2. The fourth-order valence-electron chi connectivity index (χ4n) is 3.96. The van der Waals surface area contributed by atoms with Gasteiger partial charge in [0, 0.05) is 36.5 Å². The number of aromatic amines is 1. The van der Waals surface area contributed by atoms with Crippen molar-refractivity contribution in [2.45, 2.75) is 40.2 Å². The normalized spacial score (nSPS) is 14.8. The van der Waals surface area contributed by atoms with E-state index < -0.39 is 0 Å². The number of carbonyl (C=O) groups excluding carboxylic acids is 2. The zero-order chi connectivity index (χ0) is 21.3. The largest absolute Gasteiger partial charge is 0.439 e. The third kappa shape index (κ3) is 4.13. The van der Waals surface area contributed by atoms with Crippen molar-refractivity contribution in [3.05, 3.63) is 76.7 Å². The number of nitrogens with zero attached hydrogens (tertiary/aromatic N) is 1. The van der Waals surface area contributed by atoms with Crippen LogP contribution >= 0.6 is 0 Å². The lowest BCUT2D eigenvalue weighted by Crippen LogP contribution is -2.26. The number of pyridine rings is 1. The van der Waals surface area contributed by atoms with Gasteiger partial charge in [-0.3, -0.25) is 9.59 Å². The predicted molar refractivity (Wildman–Crippen MR) is 114 cm³/mol. The van der Waals surface area contributed by atoms with Gasteiger partial charge in [0.1, 0.15) is 11.4 Å². The van der Waals surface area contributed by atoms with Gasteiger partial charge in [-0.05, 0) is 48.1 Å². The number of H-pyrrole nitrogens is 1. The van der Waals surface area contributed by atoms with E-state index in [9.17, 15) is 9.59 Å². The van der Waals surface area contributed by atoms with Gasteiger partial charge in [-0.15, -0.1) is 0 Å². The lowest BCUT2D eigenvalue weighted by molar-refractivity contribution is 0.0909. The average molecular weight is 403 g/mol. The van der Waals surface area contributed by atoms with E-state index in [4.69, 9.17) is 4.74 Å². The lowest BCUT2D eigenvalue weighted by atomic mass is 9.75. The number of para-hydroxylation sites is 1. The van der Waals surface area contributed by atoms with Crippen LogP contribution in [0.15, 0.2) is 48.7 Å². The molecule has 2 N–H and O–H groups in total. The topological polar surface area (TPSA) is 84.1 Å². The summed E-state index contributed by atoms with van der Waals surface area (Å²) in [5, 5.41) is 2.93. The molecule has 0 unspecified atom stereocenters. The van der Waals surface area contributed by atoms with Gasteiger partial charge >= 0.3 is 0 Å². The van der Waals surface area contributed by atoms with Crippen molar-refractivity contribution in [3.8, 4) is 11.6 Å². The van der Waals surface area contributed by atoms with Crippen molar-refractivity contribution in [2.75, 3.05) is 0 Å². The van der Waals surface area contributed by atoms with E-state index in [-0.39, 0.29) is 17.1 Å². The SMILES string of the molecule is Cc1c(C(=O)NCc2ccnc(Oc3ccccc3)c2)[nH]c2c1C(=O)CC(C)(C)C2. The van der Waals surface area contributed by atoms with Crippen molar-refractivity contribution in [3.63, 3.8) is 0 Å². The predicted octanol–water partition coefficient (Wildman–Crippen LogP) is 4.60. The van der Waals surface area contributed by atoms with Gasteiger partial charge in [0.2, 0.25) is 5.88 Å². The van der Waals surface area contributed by atoms with Crippen LogP contribution in [0, 0.1) is 12.3 Å². The van der Waals surface area contributed by atoms with Gasteiger partial charge < -0.3 is 15.0 Å². The van der Waals surface area contributed by atoms with Gasteiger partial charge in [-0.25, -0.2) is 4.98 Å². The molecule has 0 fully saturated rings. The number of nitrogens with one attached hydrogen (secondary N) is 2. The van der Waals surface area contributed by atoms with Crippen LogP contribution in [0.2, 0.25) is 0 Å². The average Bonchev–Trinajstić information content (AvgIpc) is 3.02. The number of benzene rings is 1. The summed E-state index contributed by atoms with van der Waals surface area (Å²) in [6.07, 6.45) is 2.91. The number of hydrogen-bond acceptors (Lipinski definition) is 4. The Balaban J connectivity index is 1.46. The van der Waals surface area contributed by atoms with E-state index in [0.717, 1.165) is 23.2 Å². The Morgan fingerprint density at radius 2 is 1.97 bits per heavy atom. The molecule has 154 valence electrons. The van der Waals surface area contributed by atoms with E-state index in [1.54, 1.807) is 12.3 Å². The molecule has 0 bridgehead atoms. The molecule has 0 atom stereocenters. The van der Waals surface area contributed by atoms with Crippen molar-refractivity contribution < 1.29 is 14.3 Å². The van der Waals surface area contributed by atoms with Gasteiger partial charge in [0.15, 0.2) is 5.78 Å². The summed E-state index contributed by atoms with van der Waals surface area (Å²) in [7, 11) is 0. The fourth-order valence-corrected chi connectivity index (χ4v) is 3.96. The third-order valence-corrected chi connectivity index (χ3v) is 5.35. The maximum absolute atomic E-state index is 12.8. The maximum Gasteiger partial charge on any atom is 0.268 e. The van der Waals surface area contributed by atoms with Gasteiger partial charge in [-0.2, -0.15) is 0 Å². The van der Waals surface area contributed by atoms with Gasteiger partial charge in [-0.1, -0.05) is 32.0 Å². The van der Waals surface area contributed by atoms with Crippen LogP contribution < -0.4 is 10.1 Å². The number of aromatic nitrogens is 2. The lowest BCUT2D eigenvalue weighted by Gasteiger charge is -2.28. The minimum Gasteiger partial charge on any atom is -0.439 e. The smallest absolute Gasteiger partial charge is 0.268 e. The number of rotatable bonds is 5. The molecule has 1 amide bonds. The molecule has 2 aromatic heterocycles. The Labute approximate surface area is 175 Å². The molecule has 2 heterocycles. The molecular weight excluding hydrogens is 378 g/mol. The first kappa shape index (κ1) is 19.9. The number of ketones is 1. The van der Waals surface area contributed by atoms with Crippen LogP contribution in [0.5, 0.6) is 11.6 Å². The summed E-state index contributed by atoms with van der Waals surface area (Å²) < 4.78 is 5.75. The number of Topliss-reactive ketones (excluding diaryl/α,β-unsaturated/α-hetero) is 1. The van der Waals surface area contributed by atoms with Crippen molar-refractivity contribution in [1.29, 1.82) is 0 Å². The Kier molecular flexibility index (Phi) is 5.16. The van der Waals surface area contributed by atoms with E-state index in [0.29, 0.717) is 35.9 Å². The highest BCUT2D eigenvalue weighted by Gasteiger charge is 2.35. The molecule has 0 spiro atoms. The minimum atomic E-state index is -0.227. The molecule has 0 aliphatic heterocycles. The maximum atomic E-state index is 12.8. The first-order valence-corrected chi connectivity index (χ1v) is 10.0. The van der Waals surface area contributed by atoms with Crippen LogP contribution in [0.4, 0.5) is 0 Å². The molecular formula is C24H25N3O3. The Bertz CT molecular complexity index is 1100. The number of amides is 1. The highest BCUT2D eigenvalue weighted by Crippen LogP contribution is 2.36. The molecule has 1 aliphatic carbocycles.